The van der Waals surface area contributed by atoms with Crippen LogP contribution in [0.4, 0.5) is 15.3 Å². The molecule has 0 unspecified atom stereocenters. The summed E-state index contributed by atoms with van der Waals surface area (Å²) < 4.78 is 11.9. The third-order valence-corrected chi connectivity index (χ3v) is 6.03. The Hall–Kier alpha value is -4.60. The molecule has 0 aliphatic heterocycles. The molecular weight excluding hydrogens is 522 g/mol. The lowest BCUT2D eigenvalue weighted by atomic mass is 9.98. The number of aromatic nitrogens is 3. The number of aromatic amines is 1. The van der Waals surface area contributed by atoms with Crippen molar-refractivity contribution >= 4 is 34.7 Å². The molecule has 41 heavy (non-hydrogen) atoms. The van der Waals surface area contributed by atoms with Gasteiger partial charge in [-0.2, -0.15) is 9.78 Å². The van der Waals surface area contributed by atoms with Crippen molar-refractivity contribution in [2.45, 2.75) is 59.2 Å². The lowest BCUT2D eigenvalue weighted by Crippen LogP contribution is -2.39. The van der Waals surface area contributed by atoms with E-state index in [2.05, 4.69) is 20.7 Å². The van der Waals surface area contributed by atoms with E-state index in [-0.39, 0.29) is 12.5 Å². The summed E-state index contributed by atoms with van der Waals surface area (Å²) in [7, 11) is 0. The number of hydrogen-bond donors (Lipinski definition) is 3. The zero-order valence-corrected chi connectivity index (χ0v) is 24.3. The summed E-state index contributed by atoms with van der Waals surface area (Å²) in [5.41, 5.74) is 2.53. The third kappa shape index (κ3) is 7.97. The van der Waals surface area contributed by atoms with Gasteiger partial charge >= 0.3 is 12.2 Å². The van der Waals surface area contributed by atoms with Crippen LogP contribution in [-0.4, -0.2) is 50.6 Å². The van der Waals surface area contributed by atoms with Crippen LogP contribution in [0.15, 0.2) is 67.1 Å². The summed E-state index contributed by atoms with van der Waals surface area (Å²) in [5.74, 6) is -0.798. The molecule has 0 radical (unpaired) electrons. The van der Waals surface area contributed by atoms with E-state index in [0.717, 1.165) is 26.7 Å². The quantitative estimate of drug-likeness (QED) is 0.250. The van der Waals surface area contributed by atoms with Gasteiger partial charge in [0, 0.05) is 35.5 Å². The highest BCUT2D eigenvalue weighted by atomic mass is 16.6. The molecule has 10 heteroatoms. The highest BCUT2D eigenvalue weighted by Gasteiger charge is 2.24. The van der Waals surface area contributed by atoms with Crippen LogP contribution in [0.3, 0.4) is 0 Å². The number of hydrogen-bond acceptors (Lipinski definition) is 6. The van der Waals surface area contributed by atoms with Gasteiger partial charge in [-0.15, -0.1) is 0 Å². The first-order valence-corrected chi connectivity index (χ1v) is 13.5. The normalized spacial score (nSPS) is 12.5. The number of rotatable bonds is 7. The van der Waals surface area contributed by atoms with Crippen molar-refractivity contribution in [3.8, 4) is 11.1 Å². The molecule has 0 fully saturated rings. The zero-order chi connectivity index (χ0) is 29.8. The van der Waals surface area contributed by atoms with Crippen LogP contribution >= 0.6 is 0 Å². The van der Waals surface area contributed by atoms with Gasteiger partial charge in [0.2, 0.25) is 5.91 Å². The van der Waals surface area contributed by atoms with Gasteiger partial charge in [0.1, 0.15) is 11.2 Å². The Kier molecular flexibility index (Phi) is 8.51. The number of anilines is 1. The molecule has 4 aromatic rings. The SMILES string of the molecule is CC(C)(C)OC(=O)NC[C@@H](Cc1ccccc1)C(=O)Nc1cccc2c(-c3cnn(C(=O)OC(C)(C)C)c3)c[nH]c12. The van der Waals surface area contributed by atoms with Crippen LogP contribution in [0.1, 0.15) is 47.1 Å². The average molecular weight is 560 g/mol. The Morgan fingerprint density at radius 1 is 0.951 bits per heavy atom. The van der Waals surface area contributed by atoms with Gasteiger partial charge in [0.25, 0.3) is 0 Å². The Morgan fingerprint density at radius 2 is 1.66 bits per heavy atom. The first-order valence-electron chi connectivity index (χ1n) is 13.5. The fraction of sp³-hybridized carbons (Fsp3) is 0.355. The van der Waals surface area contributed by atoms with Crippen LogP contribution in [0, 0.1) is 5.92 Å². The van der Waals surface area contributed by atoms with Crippen molar-refractivity contribution in [1.82, 2.24) is 20.1 Å². The monoisotopic (exact) mass is 559 g/mol. The van der Waals surface area contributed by atoms with Crippen LogP contribution in [0.25, 0.3) is 22.0 Å². The number of carbonyl (C=O) groups excluding carboxylic acids is 3. The highest BCUT2D eigenvalue weighted by Crippen LogP contribution is 2.32. The topological polar surface area (TPSA) is 127 Å². The standard InChI is InChI=1S/C31H37N5O5/c1-30(2,3)40-28(38)33-16-21(15-20-11-8-7-9-12-20)27(37)35-25-14-10-13-23-24(18-32-26(23)25)22-17-34-36(19-22)29(39)41-31(4,5)6/h7-14,17-19,21,32H,15-16H2,1-6H3,(H,33,38)(H,35,37)/t21-/m1/s1. The van der Waals surface area contributed by atoms with E-state index in [1.807, 2.05) is 54.7 Å². The molecule has 0 saturated heterocycles. The molecule has 10 nitrogen and oxygen atoms in total. The molecule has 2 aromatic heterocycles. The minimum absolute atomic E-state index is 0.103. The Bertz CT molecular complexity index is 1530. The zero-order valence-electron chi connectivity index (χ0n) is 24.3. The highest BCUT2D eigenvalue weighted by molar-refractivity contribution is 6.06. The summed E-state index contributed by atoms with van der Waals surface area (Å²) in [6.45, 7) is 10.8. The molecule has 1 atom stereocenters. The van der Waals surface area contributed by atoms with Crippen LogP contribution in [-0.2, 0) is 20.7 Å². The van der Waals surface area contributed by atoms with Gasteiger partial charge in [-0.1, -0.05) is 42.5 Å². The second-order valence-corrected chi connectivity index (χ2v) is 11.8. The molecule has 0 bridgehead atoms. The molecule has 0 aliphatic rings. The number of nitrogens with zero attached hydrogens (tertiary/aromatic N) is 2. The van der Waals surface area contributed by atoms with E-state index in [0.29, 0.717) is 17.7 Å². The summed E-state index contributed by atoms with van der Waals surface area (Å²) >= 11 is 0. The van der Waals surface area contributed by atoms with Gasteiger partial charge in [-0.3, -0.25) is 4.79 Å². The first kappa shape index (κ1) is 29.4. The van der Waals surface area contributed by atoms with Crippen molar-refractivity contribution in [1.29, 1.82) is 0 Å². The van der Waals surface area contributed by atoms with Crippen molar-refractivity contribution in [2.75, 3.05) is 11.9 Å². The molecule has 0 spiro atoms. The Balaban J connectivity index is 1.54. The number of fused-ring (bicyclic) bond motifs is 1. The summed E-state index contributed by atoms with van der Waals surface area (Å²) in [6, 6.07) is 15.2. The van der Waals surface area contributed by atoms with E-state index >= 15 is 0 Å². The van der Waals surface area contributed by atoms with Crippen LogP contribution in [0.2, 0.25) is 0 Å². The van der Waals surface area contributed by atoms with E-state index < -0.39 is 29.3 Å². The molecular formula is C31H37N5O5. The number of ether oxygens (including phenoxy) is 2. The predicted molar refractivity (Wildman–Crippen MR) is 158 cm³/mol. The predicted octanol–water partition coefficient (Wildman–Crippen LogP) is 6.14. The molecule has 0 saturated carbocycles. The fourth-order valence-electron chi connectivity index (χ4n) is 4.28. The minimum atomic E-state index is -0.647. The smallest absolute Gasteiger partial charge is 0.435 e. The van der Waals surface area contributed by atoms with Gasteiger partial charge in [-0.25, -0.2) is 9.59 Å². The van der Waals surface area contributed by atoms with Crippen molar-refractivity contribution in [2.24, 2.45) is 5.92 Å². The lowest BCUT2D eigenvalue weighted by Gasteiger charge is -2.22. The largest absolute Gasteiger partial charge is 0.444 e. The number of para-hydroxylation sites is 1. The van der Waals surface area contributed by atoms with E-state index in [9.17, 15) is 14.4 Å². The molecule has 3 N–H and O–H groups in total. The Labute approximate surface area is 239 Å². The number of H-pyrrole nitrogens is 1. The van der Waals surface area contributed by atoms with E-state index in [4.69, 9.17) is 9.47 Å². The summed E-state index contributed by atoms with van der Waals surface area (Å²) in [4.78, 5) is 41.5. The third-order valence-electron chi connectivity index (χ3n) is 6.03. The number of benzene rings is 2. The second-order valence-electron chi connectivity index (χ2n) is 11.8. The van der Waals surface area contributed by atoms with Crippen LogP contribution < -0.4 is 10.6 Å². The van der Waals surface area contributed by atoms with E-state index in [1.165, 1.54) is 0 Å². The summed E-state index contributed by atoms with van der Waals surface area (Å²) in [5, 5.41) is 10.8. The van der Waals surface area contributed by atoms with E-state index in [1.54, 1.807) is 53.9 Å². The van der Waals surface area contributed by atoms with Crippen molar-refractivity contribution in [3.63, 3.8) is 0 Å². The summed E-state index contributed by atoms with van der Waals surface area (Å²) in [6.07, 6.45) is 4.30. The number of carbonyl (C=O) groups is 3. The molecule has 2 heterocycles. The maximum absolute atomic E-state index is 13.5. The fourth-order valence-corrected chi connectivity index (χ4v) is 4.28. The average Bonchev–Trinajstić information content (AvgIpc) is 3.53. The lowest BCUT2D eigenvalue weighted by molar-refractivity contribution is -0.119. The maximum atomic E-state index is 13.5. The second kappa shape index (κ2) is 11.9. The van der Waals surface area contributed by atoms with Crippen LogP contribution in [0.5, 0.6) is 0 Å². The van der Waals surface area contributed by atoms with Crippen molar-refractivity contribution in [3.05, 3.63) is 72.7 Å². The molecule has 216 valence electrons. The van der Waals surface area contributed by atoms with Gasteiger partial charge < -0.3 is 25.1 Å². The minimum Gasteiger partial charge on any atom is -0.444 e. The molecule has 2 amide bonds. The molecule has 4 rings (SSSR count). The number of nitrogens with one attached hydrogen (secondary N) is 3. The molecule has 0 aliphatic carbocycles. The Morgan fingerprint density at radius 3 is 2.34 bits per heavy atom. The van der Waals surface area contributed by atoms with Crippen molar-refractivity contribution < 1.29 is 23.9 Å². The number of amides is 2. The van der Waals surface area contributed by atoms with Gasteiger partial charge in [0.05, 0.1) is 23.3 Å². The van der Waals surface area contributed by atoms with Gasteiger partial charge in [0.15, 0.2) is 0 Å². The van der Waals surface area contributed by atoms with Gasteiger partial charge in [-0.05, 0) is 59.6 Å². The first-order chi connectivity index (χ1) is 19.3. The molecule has 2 aromatic carbocycles. The number of alkyl carbamates (subject to hydrolysis) is 1. The maximum Gasteiger partial charge on any atom is 0.435 e.